The van der Waals surface area contributed by atoms with E-state index in [1.165, 1.54) is 5.56 Å². The lowest BCUT2D eigenvalue weighted by Crippen LogP contribution is -2.50. The molecule has 2 heterocycles. The smallest absolute Gasteiger partial charge is 0.247 e. The average molecular weight is 412 g/mol. The summed E-state index contributed by atoms with van der Waals surface area (Å²) in [5.41, 5.74) is 8.45. The molecule has 0 unspecified atom stereocenters. The first-order chi connectivity index (χ1) is 14.4. The summed E-state index contributed by atoms with van der Waals surface area (Å²) in [4.78, 5) is 30.1. The van der Waals surface area contributed by atoms with Gasteiger partial charge in [0.15, 0.2) is 0 Å². The maximum absolute atomic E-state index is 13.0. The Morgan fingerprint density at radius 2 is 2.10 bits per heavy atom. The number of nitrogens with one attached hydrogen (secondary N) is 3. The maximum atomic E-state index is 13.0. The molecule has 2 aromatic rings. The second kappa shape index (κ2) is 10.00. The number of hydrogen-bond acceptors (Lipinski definition) is 5. The van der Waals surface area contributed by atoms with E-state index in [0.29, 0.717) is 31.0 Å². The second-order valence-corrected chi connectivity index (χ2v) is 8.58. The van der Waals surface area contributed by atoms with Crippen molar-refractivity contribution in [2.24, 2.45) is 17.6 Å². The Hall–Kier alpha value is -2.51. The summed E-state index contributed by atoms with van der Waals surface area (Å²) in [6.07, 6.45) is 3.86. The van der Waals surface area contributed by atoms with Gasteiger partial charge in [0.25, 0.3) is 0 Å². The summed E-state index contributed by atoms with van der Waals surface area (Å²) in [6.45, 7) is 7.47. The number of rotatable bonds is 8. The van der Waals surface area contributed by atoms with Crippen molar-refractivity contribution in [3.63, 3.8) is 0 Å². The molecular weight excluding hydrogens is 378 g/mol. The number of amides is 2. The van der Waals surface area contributed by atoms with Crippen molar-refractivity contribution in [1.82, 2.24) is 15.6 Å². The molecule has 0 saturated carbocycles. The van der Waals surface area contributed by atoms with Crippen LogP contribution in [0.5, 0.6) is 0 Å². The molecule has 0 aliphatic carbocycles. The van der Waals surface area contributed by atoms with Crippen LogP contribution in [0, 0.1) is 11.8 Å². The number of fused-ring (bicyclic) bond motifs is 1. The average Bonchev–Trinajstić information content (AvgIpc) is 3.21. The van der Waals surface area contributed by atoms with Crippen molar-refractivity contribution in [2.45, 2.75) is 52.1 Å². The van der Waals surface area contributed by atoms with Gasteiger partial charge in [-0.15, -0.1) is 0 Å². The van der Waals surface area contributed by atoms with Gasteiger partial charge in [-0.2, -0.15) is 0 Å². The number of pyridine rings is 1. The molecule has 1 aromatic carbocycles. The van der Waals surface area contributed by atoms with Crippen LogP contribution in [-0.4, -0.2) is 42.0 Å². The first-order valence-corrected chi connectivity index (χ1v) is 10.8. The fourth-order valence-electron chi connectivity index (χ4n) is 3.86. The summed E-state index contributed by atoms with van der Waals surface area (Å²) in [7, 11) is 0. The lowest BCUT2D eigenvalue weighted by atomic mass is 10.0. The molecule has 0 radical (unpaired) electrons. The quantitative estimate of drug-likeness (QED) is 0.532. The zero-order valence-corrected chi connectivity index (χ0v) is 18.1. The molecule has 7 nitrogen and oxygen atoms in total. The molecule has 7 heteroatoms. The minimum atomic E-state index is -0.603. The van der Waals surface area contributed by atoms with Crippen LogP contribution in [0.15, 0.2) is 30.5 Å². The monoisotopic (exact) mass is 411 g/mol. The van der Waals surface area contributed by atoms with Gasteiger partial charge in [-0.1, -0.05) is 26.8 Å². The predicted octanol–water partition coefficient (Wildman–Crippen LogP) is 2.20. The van der Waals surface area contributed by atoms with Crippen molar-refractivity contribution in [2.75, 3.05) is 18.4 Å². The molecule has 0 bridgehead atoms. The second-order valence-electron chi connectivity index (χ2n) is 8.58. The van der Waals surface area contributed by atoms with E-state index in [-0.39, 0.29) is 23.8 Å². The molecule has 2 amide bonds. The standard InChI is InChI=1S/C23H33N5O2/c1-4-15-5-6-19-17(8-15)10-18(13-26-19)27-23(30)21(7-14(2)3)28-22(29)20-9-16(11-24)12-25-20/h5-6,8,10,13-14,16,20-21,25H,4,7,9,11-12,24H2,1-3H3,(H,27,30)(H,28,29)/t16-,20-,21-/m1/s1. The molecule has 1 aliphatic heterocycles. The van der Waals surface area contributed by atoms with E-state index < -0.39 is 6.04 Å². The van der Waals surface area contributed by atoms with E-state index in [1.807, 2.05) is 26.0 Å². The minimum Gasteiger partial charge on any atom is -0.343 e. The van der Waals surface area contributed by atoms with Crippen LogP contribution in [0.3, 0.4) is 0 Å². The molecule has 1 aromatic heterocycles. The van der Waals surface area contributed by atoms with Crippen molar-refractivity contribution >= 4 is 28.4 Å². The third-order valence-electron chi connectivity index (χ3n) is 5.63. The highest BCUT2D eigenvalue weighted by molar-refractivity contribution is 5.99. The molecule has 5 N–H and O–H groups in total. The molecule has 1 aliphatic rings. The number of carbonyl (C=O) groups excluding carboxylic acids is 2. The molecule has 1 fully saturated rings. The van der Waals surface area contributed by atoms with Crippen LogP contribution < -0.4 is 21.7 Å². The Bertz CT molecular complexity index is 898. The summed E-state index contributed by atoms with van der Waals surface area (Å²) in [5.74, 6) is 0.195. The third-order valence-corrected chi connectivity index (χ3v) is 5.63. The normalized spacial score (nSPS) is 19.8. The van der Waals surface area contributed by atoms with Gasteiger partial charge in [0.2, 0.25) is 11.8 Å². The van der Waals surface area contributed by atoms with Crippen molar-refractivity contribution in [1.29, 1.82) is 0 Å². The molecule has 3 rings (SSSR count). The highest BCUT2D eigenvalue weighted by atomic mass is 16.2. The van der Waals surface area contributed by atoms with E-state index in [4.69, 9.17) is 5.73 Å². The van der Waals surface area contributed by atoms with Crippen molar-refractivity contribution in [3.05, 3.63) is 36.0 Å². The molecule has 1 saturated heterocycles. The zero-order valence-electron chi connectivity index (χ0n) is 18.1. The van der Waals surface area contributed by atoms with Crippen LogP contribution in [-0.2, 0) is 16.0 Å². The summed E-state index contributed by atoms with van der Waals surface area (Å²) < 4.78 is 0. The fourth-order valence-corrected chi connectivity index (χ4v) is 3.86. The molecule has 162 valence electrons. The largest absolute Gasteiger partial charge is 0.343 e. The van der Waals surface area contributed by atoms with Crippen LogP contribution >= 0.6 is 0 Å². The highest BCUT2D eigenvalue weighted by Gasteiger charge is 2.31. The Kier molecular flexibility index (Phi) is 7.39. The number of nitrogens with two attached hydrogens (primary N) is 1. The Labute approximate surface area is 178 Å². The van der Waals surface area contributed by atoms with Crippen molar-refractivity contribution < 1.29 is 9.59 Å². The number of carbonyl (C=O) groups is 2. The van der Waals surface area contributed by atoms with Gasteiger partial charge >= 0.3 is 0 Å². The lowest BCUT2D eigenvalue weighted by molar-refractivity contribution is -0.128. The fraction of sp³-hybridized carbons (Fsp3) is 0.522. The lowest BCUT2D eigenvalue weighted by Gasteiger charge is -2.22. The van der Waals surface area contributed by atoms with Gasteiger partial charge in [0.05, 0.1) is 23.4 Å². The Morgan fingerprint density at radius 1 is 1.30 bits per heavy atom. The van der Waals surface area contributed by atoms with Gasteiger partial charge in [-0.25, -0.2) is 0 Å². The summed E-state index contributed by atoms with van der Waals surface area (Å²) in [5, 5.41) is 10.1. The molecule has 3 atom stereocenters. The molecule has 30 heavy (non-hydrogen) atoms. The van der Waals surface area contributed by atoms with Gasteiger partial charge in [0, 0.05) is 5.39 Å². The van der Waals surface area contributed by atoms with E-state index in [0.717, 1.165) is 23.9 Å². The summed E-state index contributed by atoms with van der Waals surface area (Å²) >= 11 is 0. The number of benzene rings is 1. The van der Waals surface area contributed by atoms with Gasteiger partial charge < -0.3 is 21.7 Å². The number of aromatic nitrogens is 1. The number of aryl methyl sites for hydroxylation is 1. The Balaban J connectivity index is 1.70. The summed E-state index contributed by atoms with van der Waals surface area (Å²) in [6, 6.07) is 7.17. The predicted molar refractivity (Wildman–Crippen MR) is 120 cm³/mol. The molecular formula is C23H33N5O2. The van der Waals surface area contributed by atoms with Gasteiger partial charge in [0.1, 0.15) is 6.04 Å². The van der Waals surface area contributed by atoms with Crippen LogP contribution in [0.2, 0.25) is 0 Å². The topological polar surface area (TPSA) is 109 Å². The van der Waals surface area contributed by atoms with Gasteiger partial charge in [-0.05, 0) is 68.0 Å². The number of hydrogen-bond donors (Lipinski definition) is 4. The zero-order chi connectivity index (χ0) is 21.7. The van der Waals surface area contributed by atoms with E-state index in [2.05, 4.69) is 40.0 Å². The van der Waals surface area contributed by atoms with Crippen molar-refractivity contribution in [3.8, 4) is 0 Å². The SMILES string of the molecule is CCc1ccc2ncc(NC(=O)[C@@H](CC(C)C)NC(=O)[C@H]3C[C@H](CN)CN3)cc2c1. The van der Waals surface area contributed by atoms with Crippen LogP contribution in [0.4, 0.5) is 5.69 Å². The van der Waals surface area contributed by atoms with Gasteiger partial charge in [-0.3, -0.25) is 14.6 Å². The third kappa shape index (κ3) is 5.55. The minimum absolute atomic E-state index is 0.143. The first kappa shape index (κ1) is 22.2. The molecule has 0 spiro atoms. The number of nitrogens with zero attached hydrogens (tertiary/aromatic N) is 1. The highest BCUT2D eigenvalue weighted by Crippen LogP contribution is 2.20. The van der Waals surface area contributed by atoms with E-state index in [1.54, 1.807) is 6.20 Å². The van der Waals surface area contributed by atoms with Crippen LogP contribution in [0.25, 0.3) is 10.9 Å². The van der Waals surface area contributed by atoms with E-state index >= 15 is 0 Å². The van der Waals surface area contributed by atoms with Crippen LogP contribution in [0.1, 0.15) is 39.2 Å². The maximum Gasteiger partial charge on any atom is 0.247 e. The Morgan fingerprint density at radius 3 is 2.77 bits per heavy atom. The first-order valence-electron chi connectivity index (χ1n) is 10.8. The van der Waals surface area contributed by atoms with E-state index in [9.17, 15) is 9.59 Å². The number of anilines is 1.